The van der Waals surface area contributed by atoms with Gasteiger partial charge in [-0.05, 0) is 43.9 Å². The Morgan fingerprint density at radius 2 is 2.25 bits per heavy atom. The van der Waals surface area contributed by atoms with Gasteiger partial charge in [0.25, 0.3) is 0 Å². The maximum atomic E-state index is 13.1. The van der Waals surface area contributed by atoms with Crippen molar-refractivity contribution in [2.24, 2.45) is 0 Å². The van der Waals surface area contributed by atoms with E-state index in [1.807, 2.05) is 0 Å². The van der Waals surface area contributed by atoms with Crippen molar-refractivity contribution in [1.29, 1.82) is 0 Å². The van der Waals surface area contributed by atoms with E-state index in [2.05, 4.69) is 0 Å². The van der Waals surface area contributed by atoms with Gasteiger partial charge in [-0.1, -0.05) is 0 Å². The molecular formula is C12H13FO3. The molecule has 0 unspecified atom stereocenters. The number of carboxylic acids is 1. The first-order chi connectivity index (χ1) is 7.58. The molecule has 0 heterocycles. The molecule has 0 bridgehead atoms. The second kappa shape index (κ2) is 4.12. The van der Waals surface area contributed by atoms with Gasteiger partial charge in [-0.15, -0.1) is 0 Å². The average Bonchev–Trinajstić information content (AvgIpc) is 3.04. The first kappa shape index (κ1) is 10.9. The summed E-state index contributed by atoms with van der Waals surface area (Å²) in [5.41, 5.74) is 0.785. The number of hydrogen-bond acceptors (Lipinski definition) is 2. The SMILES string of the molecule is C[C@H](Oc1ccc(F)cc1C1CC1)C(=O)O. The molecule has 1 atom stereocenters. The molecule has 1 fully saturated rings. The lowest BCUT2D eigenvalue weighted by atomic mass is 10.1. The second-order valence-electron chi connectivity index (χ2n) is 4.05. The van der Waals surface area contributed by atoms with Crippen LogP contribution in [-0.2, 0) is 4.79 Å². The Kier molecular flexibility index (Phi) is 2.81. The molecular weight excluding hydrogens is 211 g/mol. The molecule has 1 aliphatic rings. The molecule has 0 radical (unpaired) electrons. The van der Waals surface area contributed by atoms with Crippen LogP contribution < -0.4 is 4.74 Å². The Balaban J connectivity index is 2.22. The minimum Gasteiger partial charge on any atom is -0.479 e. The Morgan fingerprint density at radius 3 is 2.81 bits per heavy atom. The van der Waals surface area contributed by atoms with E-state index in [0.29, 0.717) is 11.7 Å². The highest BCUT2D eigenvalue weighted by Gasteiger charge is 2.28. The maximum absolute atomic E-state index is 13.1. The third-order valence-corrected chi connectivity index (χ3v) is 2.64. The van der Waals surface area contributed by atoms with Crippen LogP contribution in [0.3, 0.4) is 0 Å². The summed E-state index contributed by atoms with van der Waals surface area (Å²) in [6.45, 7) is 1.46. The molecule has 0 spiro atoms. The van der Waals surface area contributed by atoms with Gasteiger partial charge in [0.2, 0.25) is 0 Å². The van der Waals surface area contributed by atoms with Gasteiger partial charge in [0.1, 0.15) is 11.6 Å². The van der Waals surface area contributed by atoms with Gasteiger partial charge < -0.3 is 9.84 Å². The smallest absolute Gasteiger partial charge is 0.344 e. The fourth-order valence-electron chi connectivity index (χ4n) is 1.58. The first-order valence-electron chi connectivity index (χ1n) is 5.27. The zero-order chi connectivity index (χ0) is 11.7. The molecule has 3 nitrogen and oxygen atoms in total. The van der Waals surface area contributed by atoms with Crippen LogP contribution in [0.1, 0.15) is 31.2 Å². The minimum absolute atomic E-state index is 0.308. The topological polar surface area (TPSA) is 46.5 Å². The number of carbonyl (C=O) groups is 1. The van der Waals surface area contributed by atoms with Gasteiger partial charge in [-0.3, -0.25) is 0 Å². The minimum atomic E-state index is -1.02. The van der Waals surface area contributed by atoms with Crippen LogP contribution in [0.4, 0.5) is 4.39 Å². The standard InChI is InChI=1S/C12H13FO3/c1-7(12(14)15)16-11-5-4-9(13)6-10(11)8-2-3-8/h4-8H,2-3H2,1H3,(H,14,15)/t7-/m0/s1. The van der Waals surface area contributed by atoms with Gasteiger partial charge in [0.05, 0.1) is 0 Å². The van der Waals surface area contributed by atoms with E-state index in [-0.39, 0.29) is 5.82 Å². The maximum Gasteiger partial charge on any atom is 0.344 e. The van der Waals surface area contributed by atoms with Crippen LogP contribution in [0.2, 0.25) is 0 Å². The van der Waals surface area contributed by atoms with Crippen molar-refractivity contribution in [3.63, 3.8) is 0 Å². The van der Waals surface area contributed by atoms with Crippen molar-refractivity contribution in [2.75, 3.05) is 0 Å². The summed E-state index contributed by atoms with van der Waals surface area (Å²) < 4.78 is 18.4. The summed E-state index contributed by atoms with van der Waals surface area (Å²) in [5.74, 6) is -0.520. The fraction of sp³-hybridized carbons (Fsp3) is 0.417. The summed E-state index contributed by atoms with van der Waals surface area (Å²) in [5, 5.41) is 8.74. The quantitative estimate of drug-likeness (QED) is 0.854. The second-order valence-corrected chi connectivity index (χ2v) is 4.05. The van der Waals surface area contributed by atoms with Crippen molar-refractivity contribution in [3.8, 4) is 5.75 Å². The average molecular weight is 224 g/mol. The highest BCUT2D eigenvalue weighted by Crippen LogP contribution is 2.44. The zero-order valence-electron chi connectivity index (χ0n) is 8.94. The van der Waals surface area contributed by atoms with Crippen LogP contribution in [0.15, 0.2) is 18.2 Å². The van der Waals surface area contributed by atoms with E-state index in [1.165, 1.54) is 25.1 Å². The van der Waals surface area contributed by atoms with Crippen molar-refractivity contribution < 1.29 is 19.0 Å². The van der Waals surface area contributed by atoms with Gasteiger partial charge in [-0.2, -0.15) is 0 Å². The fourth-order valence-corrected chi connectivity index (χ4v) is 1.58. The Hall–Kier alpha value is -1.58. The van der Waals surface area contributed by atoms with Crippen LogP contribution in [0.25, 0.3) is 0 Å². The van der Waals surface area contributed by atoms with E-state index in [4.69, 9.17) is 9.84 Å². The summed E-state index contributed by atoms with van der Waals surface area (Å²) in [6, 6.07) is 4.22. The van der Waals surface area contributed by atoms with Crippen LogP contribution in [0, 0.1) is 5.82 Å². The Labute approximate surface area is 92.9 Å². The first-order valence-corrected chi connectivity index (χ1v) is 5.27. The van der Waals surface area contributed by atoms with Gasteiger partial charge in [-0.25, -0.2) is 9.18 Å². The molecule has 0 aliphatic heterocycles. The lowest BCUT2D eigenvalue weighted by Crippen LogP contribution is -2.23. The zero-order valence-corrected chi connectivity index (χ0v) is 8.94. The molecule has 1 aromatic rings. The molecule has 2 rings (SSSR count). The Bertz CT molecular complexity index is 413. The third kappa shape index (κ3) is 2.32. The van der Waals surface area contributed by atoms with E-state index in [9.17, 15) is 9.18 Å². The lowest BCUT2D eigenvalue weighted by molar-refractivity contribution is -0.144. The Morgan fingerprint density at radius 1 is 1.56 bits per heavy atom. The third-order valence-electron chi connectivity index (χ3n) is 2.64. The van der Waals surface area contributed by atoms with Crippen molar-refractivity contribution in [2.45, 2.75) is 31.8 Å². The normalized spacial score (nSPS) is 16.9. The van der Waals surface area contributed by atoms with Gasteiger partial charge in [0.15, 0.2) is 6.10 Å². The van der Waals surface area contributed by atoms with Gasteiger partial charge >= 0.3 is 5.97 Å². The molecule has 86 valence electrons. The highest BCUT2D eigenvalue weighted by molar-refractivity contribution is 5.72. The molecule has 1 aliphatic carbocycles. The predicted molar refractivity (Wildman–Crippen MR) is 56.1 cm³/mol. The van der Waals surface area contributed by atoms with Crippen LogP contribution in [0.5, 0.6) is 5.75 Å². The van der Waals surface area contributed by atoms with E-state index in [0.717, 1.165) is 18.4 Å². The monoisotopic (exact) mass is 224 g/mol. The summed E-state index contributed by atoms with van der Waals surface area (Å²) >= 11 is 0. The molecule has 1 saturated carbocycles. The van der Waals surface area contributed by atoms with Crippen molar-refractivity contribution in [1.82, 2.24) is 0 Å². The molecule has 4 heteroatoms. The largest absolute Gasteiger partial charge is 0.479 e. The van der Waals surface area contributed by atoms with Crippen molar-refractivity contribution in [3.05, 3.63) is 29.6 Å². The summed E-state index contributed by atoms with van der Waals surface area (Å²) in [6.07, 6.45) is 1.12. The highest BCUT2D eigenvalue weighted by atomic mass is 19.1. The molecule has 1 N–H and O–H groups in total. The molecule has 0 aromatic heterocycles. The van der Waals surface area contributed by atoms with Crippen LogP contribution in [-0.4, -0.2) is 17.2 Å². The summed E-state index contributed by atoms with van der Waals surface area (Å²) in [7, 11) is 0. The van der Waals surface area contributed by atoms with Crippen molar-refractivity contribution >= 4 is 5.97 Å². The number of hydrogen-bond donors (Lipinski definition) is 1. The molecule has 0 amide bonds. The number of rotatable bonds is 4. The van der Waals surface area contributed by atoms with E-state index < -0.39 is 12.1 Å². The predicted octanol–water partition coefficient (Wildman–Crippen LogP) is 2.55. The summed E-state index contributed by atoms with van der Waals surface area (Å²) in [4.78, 5) is 10.7. The molecule has 1 aromatic carbocycles. The lowest BCUT2D eigenvalue weighted by Gasteiger charge is -2.14. The number of aliphatic carboxylic acids is 1. The van der Waals surface area contributed by atoms with Crippen LogP contribution >= 0.6 is 0 Å². The molecule has 0 saturated heterocycles. The molecule has 16 heavy (non-hydrogen) atoms. The van der Waals surface area contributed by atoms with E-state index >= 15 is 0 Å². The number of ether oxygens (including phenoxy) is 1. The number of benzene rings is 1. The number of halogens is 1. The van der Waals surface area contributed by atoms with Gasteiger partial charge in [0, 0.05) is 5.56 Å². The van der Waals surface area contributed by atoms with E-state index in [1.54, 1.807) is 0 Å². The number of carboxylic acid groups (broad SMARTS) is 1.